The minimum Gasteiger partial charge on any atom is -0.354 e. The van der Waals surface area contributed by atoms with Gasteiger partial charge >= 0.3 is 0 Å². The Morgan fingerprint density at radius 2 is 2.11 bits per heavy atom. The fourth-order valence-corrected chi connectivity index (χ4v) is 3.25. The van der Waals surface area contributed by atoms with E-state index in [-0.39, 0.29) is 5.56 Å². The van der Waals surface area contributed by atoms with Gasteiger partial charge in [-0.05, 0) is 45.6 Å². The van der Waals surface area contributed by atoms with Gasteiger partial charge in [0.1, 0.15) is 0 Å². The van der Waals surface area contributed by atoms with Crippen molar-refractivity contribution in [3.8, 4) is 0 Å². The van der Waals surface area contributed by atoms with Crippen LogP contribution in [0.2, 0.25) is 0 Å². The molecule has 3 heterocycles. The predicted molar refractivity (Wildman–Crippen MR) is 77.1 cm³/mol. The molecule has 0 radical (unpaired) electrons. The van der Waals surface area contributed by atoms with E-state index >= 15 is 0 Å². The maximum absolute atomic E-state index is 11.9. The van der Waals surface area contributed by atoms with Crippen molar-refractivity contribution in [1.29, 1.82) is 0 Å². The van der Waals surface area contributed by atoms with Crippen molar-refractivity contribution >= 4 is 39.9 Å². The van der Waals surface area contributed by atoms with Crippen molar-refractivity contribution in [2.24, 2.45) is 0 Å². The molecule has 0 aliphatic carbocycles. The molecule has 0 atom stereocenters. The topological polar surface area (TPSA) is 48.6 Å². The first-order chi connectivity index (χ1) is 8.65. The highest BCUT2D eigenvalue weighted by Gasteiger charge is 2.02. The Morgan fingerprint density at radius 1 is 1.28 bits per heavy atom. The number of halogens is 1. The first-order valence-electron chi connectivity index (χ1n) is 5.30. The van der Waals surface area contributed by atoms with Gasteiger partial charge in [0.2, 0.25) is 0 Å². The Bertz CT molecular complexity index is 935. The molecule has 0 saturated heterocycles. The summed E-state index contributed by atoms with van der Waals surface area (Å²) in [6.45, 7) is 3.84. The minimum absolute atomic E-state index is 0.0906. The molecule has 0 bridgehead atoms. The van der Waals surface area contributed by atoms with E-state index in [9.17, 15) is 4.79 Å². The standard InChI is InChI=1S/C13H9BrN2OS/c1-7-2-3-10-12(15-7)8(13(17)16-10)6-11-9(14)4-5-18-11/h2-6,15H,1H2,(H,16,17). The summed E-state index contributed by atoms with van der Waals surface area (Å²) in [6, 6.07) is 5.66. The lowest BCUT2D eigenvalue weighted by atomic mass is 10.3. The minimum atomic E-state index is -0.0906. The van der Waals surface area contributed by atoms with Crippen LogP contribution in [-0.2, 0) is 0 Å². The molecular weight excluding hydrogens is 312 g/mol. The van der Waals surface area contributed by atoms with Crippen LogP contribution in [-0.4, -0.2) is 9.97 Å². The van der Waals surface area contributed by atoms with Crippen molar-refractivity contribution in [3.05, 3.63) is 64.5 Å². The smallest absolute Gasteiger partial charge is 0.257 e. The fourth-order valence-electron chi connectivity index (χ4n) is 1.83. The van der Waals surface area contributed by atoms with Crippen LogP contribution in [0.15, 0.2) is 32.8 Å². The van der Waals surface area contributed by atoms with Crippen LogP contribution in [0.5, 0.6) is 0 Å². The van der Waals surface area contributed by atoms with Crippen LogP contribution < -0.4 is 16.1 Å². The fraction of sp³-hybridized carbons (Fsp3) is 0. The highest BCUT2D eigenvalue weighted by Crippen LogP contribution is 2.22. The molecule has 18 heavy (non-hydrogen) atoms. The third-order valence-electron chi connectivity index (χ3n) is 2.69. The quantitative estimate of drug-likeness (QED) is 0.701. The van der Waals surface area contributed by atoms with E-state index in [0.29, 0.717) is 5.22 Å². The molecule has 3 nitrogen and oxygen atoms in total. The summed E-state index contributed by atoms with van der Waals surface area (Å²) < 4.78 is 0.993. The summed E-state index contributed by atoms with van der Waals surface area (Å²) in [7, 11) is 0. The van der Waals surface area contributed by atoms with Gasteiger partial charge < -0.3 is 9.97 Å². The second-order valence-electron chi connectivity index (χ2n) is 3.92. The van der Waals surface area contributed by atoms with E-state index in [1.165, 1.54) is 0 Å². The van der Waals surface area contributed by atoms with E-state index < -0.39 is 0 Å². The molecule has 1 aromatic rings. The Kier molecular flexibility index (Phi) is 2.72. The Labute approximate surface area is 114 Å². The van der Waals surface area contributed by atoms with Gasteiger partial charge in [-0.15, -0.1) is 11.3 Å². The van der Waals surface area contributed by atoms with Gasteiger partial charge in [0.25, 0.3) is 5.56 Å². The van der Waals surface area contributed by atoms with Crippen molar-refractivity contribution in [2.45, 2.75) is 0 Å². The predicted octanol–water partition coefficient (Wildman–Crippen LogP) is 1.49. The van der Waals surface area contributed by atoms with E-state index in [2.05, 4.69) is 32.5 Å². The lowest BCUT2D eigenvalue weighted by molar-refractivity contribution is 1.15. The van der Waals surface area contributed by atoms with Crippen LogP contribution in [0.25, 0.3) is 12.7 Å². The largest absolute Gasteiger partial charge is 0.354 e. The normalized spacial score (nSPS) is 12.4. The van der Waals surface area contributed by atoms with Crippen LogP contribution in [0.3, 0.4) is 0 Å². The Morgan fingerprint density at radius 3 is 2.83 bits per heavy atom. The lowest BCUT2D eigenvalue weighted by Crippen LogP contribution is -2.23. The van der Waals surface area contributed by atoms with E-state index in [0.717, 1.165) is 25.4 Å². The molecule has 0 amide bonds. The number of H-pyrrole nitrogens is 2. The highest BCUT2D eigenvalue weighted by molar-refractivity contribution is 9.10. The van der Waals surface area contributed by atoms with Gasteiger partial charge in [-0.2, -0.15) is 0 Å². The van der Waals surface area contributed by atoms with Gasteiger partial charge in [-0.1, -0.05) is 6.58 Å². The molecule has 0 unspecified atom stereocenters. The van der Waals surface area contributed by atoms with Crippen molar-refractivity contribution in [3.63, 3.8) is 0 Å². The first-order valence-corrected chi connectivity index (χ1v) is 6.97. The number of hydrogen-bond donors (Lipinski definition) is 2. The van der Waals surface area contributed by atoms with E-state index in [1.807, 2.05) is 29.7 Å². The zero-order valence-corrected chi connectivity index (χ0v) is 11.7. The van der Waals surface area contributed by atoms with Crippen molar-refractivity contribution in [1.82, 2.24) is 9.97 Å². The maximum atomic E-state index is 11.9. The first kappa shape index (κ1) is 11.5. The van der Waals surface area contributed by atoms with Crippen molar-refractivity contribution in [2.75, 3.05) is 0 Å². The molecule has 3 rings (SSSR count). The molecule has 5 heteroatoms. The summed E-state index contributed by atoms with van der Waals surface area (Å²) in [5.74, 6) is 0. The monoisotopic (exact) mass is 320 g/mol. The van der Waals surface area contributed by atoms with E-state index in [1.54, 1.807) is 11.3 Å². The lowest BCUT2D eigenvalue weighted by Gasteiger charge is -1.88. The Balaban J connectivity index is 2.46. The number of aromatic nitrogens is 2. The zero-order chi connectivity index (χ0) is 12.7. The number of aromatic amines is 2. The SMILES string of the molecule is C=c1ccc2[nH]c(=O)c(=Cc3sccc3Br)c=2[nH]1. The number of thiophene rings is 1. The molecule has 0 aromatic carbocycles. The van der Waals surface area contributed by atoms with E-state index in [4.69, 9.17) is 0 Å². The van der Waals surface area contributed by atoms with Gasteiger partial charge in [0.15, 0.2) is 0 Å². The highest BCUT2D eigenvalue weighted by atomic mass is 79.9. The molecule has 90 valence electrons. The molecule has 0 saturated carbocycles. The van der Waals surface area contributed by atoms with Gasteiger partial charge in [-0.3, -0.25) is 4.79 Å². The van der Waals surface area contributed by atoms with Gasteiger partial charge in [-0.25, -0.2) is 0 Å². The van der Waals surface area contributed by atoms with Crippen LogP contribution in [0.4, 0.5) is 0 Å². The summed E-state index contributed by atoms with van der Waals surface area (Å²) >= 11 is 5.04. The molecule has 1 aromatic heterocycles. The summed E-state index contributed by atoms with van der Waals surface area (Å²) in [4.78, 5) is 18.9. The summed E-state index contributed by atoms with van der Waals surface area (Å²) in [5, 5.41) is 4.99. The molecule has 0 spiro atoms. The number of rotatable bonds is 1. The maximum Gasteiger partial charge on any atom is 0.257 e. The molecule has 0 fully saturated rings. The third kappa shape index (κ3) is 1.85. The molecule has 2 N–H and O–H groups in total. The average molecular weight is 321 g/mol. The summed E-state index contributed by atoms with van der Waals surface area (Å²) in [5.41, 5.74) is -0.0906. The Hall–Kier alpha value is -1.59. The second-order valence-corrected chi connectivity index (χ2v) is 5.72. The second kappa shape index (κ2) is 4.26. The molecule has 2 aliphatic rings. The third-order valence-corrected chi connectivity index (χ3v) is 4.51. The van der Waals surface area contributed by atoms with Gasteiger partial charge in [0.05, 0.1) is 15.9 Å². The van der Waals surface area contributed by atoms with Gasteiger partial charge in [0, 0.05) is 14.7 Å². The van der Waals surface area contributed by atoms with Crippen LogP contribution in [0, 0.1) is 10.7 Å². The average Bonchev–Trinajstić information content (AvgIpc) is 2.86. The zero-order valence-electron chi connectivity index (χ0n) is 9.29. The summed E-state index contributed by atoms with van der Waals surface area (Å²) in [6.07, 6.45) is 1.88. The number of nitrogens with one attached hydrogen (secondary N) is 2. The molecule has 2 aliphatic heterocycles. The number of hydrogen-bond acceptors (Lipinski definition) is 2. The molecular formula is C13H9BrN2OS. The van der Waals surface area contributed by atoms with Crippen LogP contribution in [0.1, 0.15) is 4.88 Å². The van der Waals surface area contributed by atoms with Crippen molar-refractivity contribution < 1.29 is 0 Å². The van der Waals surface area contributed by atoms with Crippen LogP contribution >= 0.6 is 27.3 Å².